The summed E-state index contributed by atoms with van der Waals surface area (Å²) in [6.45, 7) is 7.51. The molecule has 2 amide bonds. The number of halogens is 4. The highest BCUT2D eigenvalue weighted by Crippen LogP contribution is 2.46. The molecule has 3 aliphatic rings. The van der Waals surface area contributed by atoms with Crippen LogP contribution in [0.25, 0.3) is 0 Å². The number of pyridine rings is 1. The number of piperidine rings is 2. The van der Waals surface area contributed by atoms with Crippen molar-refractivity contribution in [3.8, 4) is 0 Å². The molecule has 0 radical (unpaired) electrons. The number of hydrogen-bond acceptors (Lipinski definition) is 4. The fourth-order valence-electron chi connectivity index (χ4n) is 7.28. The van der Waals surface area contributed by atoms with Gasteiger partial charge in [-0.3, -0.25) is 14.6 Å². The molecule has 3 aromatic rings. The number of rotatable bonds is 4. The molecule has 1 aromatic heterocycles. The van der Waals surface area contributed by atoms with Crippen LogP contribution in [0.3, 0.4) is 0 Å². The smallest absolute Gasteiger partial charge is 0.371 e. The summed E-state index contributed by atoms with van der Waals surface area (Å²) in [4.78, 5) is 35.3. The zero-order chi connectivity index (χ0) is 31.3. The van der Waals surface area contributed by atoms with Crippen molar-refractivity contribution in [3.05, 3.63) is 93.8 Å². The highest BCUT2D eigenvalue weighted by atomic mass is 35.5. The maximum Gasteiger partial charge on any atom is 0.417 e. The minimum absolute atomic E-state index is 0.0347. The molecule has 2 fully saturated rings. The Hall–Kier alpha value is -3.59. The minimum Gasteiger partial charge on any atom is -0.371 e. The topological polar surface area (TPSA) is 65.5 Å². The molecule has 1 N–H and O–H groups in total. The summed E-state index contributed by atoms with van der Waals surface area (Å²) < 4.78 is 40.2. The van der Waals surface area contributed by atoms with Crippen LogP contribution in [0.1, 0.15) is 89.4 Å². The van der Waals surface area contributed by atoms with Gasteiger partial charge >= 0.3 is 6.18 Å². The van der Waals surface area contributed by atoms with Crippen molar-refractivity contribution < 1.29 is 22.8 Å². The number of nitrogens with one attached hydrogen (secondary N) is 1. The Morgan fingerprint density at radius 1 is 0.955 bits per heavy atom. The molecule has 44 heavy (non-hydrogen) atoms. The summed E-state index contributed by atoms with van der Waals surface area (Å²) in [5.74, 6) is -0.713. The fraction of sp³-hybridized carbons (Fsp3) is 0.441. The van der Waals surface area contributed by atoms with Crippen molar-refractivity contribution in [2.75, 3.05) is 31.1 Å². The first kappa shape index (κ1) is 30.4. The zero-order valence-corrected chi connectivity index (χ0v) is 25.6. The van der Waals surface area contributed by atoms with Crippen LogP contribution in [-0.2, 0) is 11.6 Å². The molecule has 1 unspecified atom stereocenters. The lowest BCUT2D eigenvalue weighted by atomic mass is 9.71. The predicted molar refractivity (Wildman–Crippen MR) is 164 cm³/mol. The molecule has 10 heteroatoms. The Labute approximate surface area is 260 Å². The fourth-order valence-corrected chi connectivity index (χ4v) is 7.60. The molecule has 0 saturated carbocycles. The molecule has 2 aliphatic heterocycles. The standard InChI is InChI=1S/C34H36ClF3N4O2/c1-32(2)21-28(40-30(43)24-4-3-5-27(29(24)35)34(36,37)38)25-20-22(6-7-26(25)32)31(44)42-18-12-33(13-19-42)10-16-41(17-11-33)23-8-14-39-15-9-23/h3-9,14-15,20,28H,10-13,16-19,21H2,1-2H3,(H,40,43). The van der Waals surface area contributed by atoms with Crippen LogP contribution in [0.4, 0.5) is 18.9 Å². The second-order valence-corrected chi connectivity index (χ2v) is 13.4. The number of hydrogen-bond donors (Lipinski definition) is 1. The molecule has 2 aromatic carbocycles. The van der Waals surface area contributed by atoms with E-state index in [1.54, 1.807) is 0 Å². The summed E-state index contributed by atoms with van der Waals surface area (Å²) >= 11 is 6.04. The molecular formula is C34H36ClF3N4O2. The van der Waals surface area contributed by atoms with Crippen molar-refractivity contribution >= 4 is 29.1 Å². The zero-order valence-electron chi connectivity index (χ0n) is 24.9. The monoisotopic (exact) mass is 624 g/mol. The lowest BCUT2D eigenvalue weighted by Gasteiger charge is -2.47. The minimum atomic E-state index is -4.67. The molecule has 232 valence electrons. The van der Waals surface area contributed by atoms with E-state index in [9.17, 15) is 22.8 Å². The summed E-state index contributed by atoms with van der Waals surface area (Å²) in [6.07, 6.45) is 3.67. The van der Waals surface area contributed by atoms with Gasteiger partial charge in [0.15, 0.2) is 0 Å². The first-order valence-electron chi connectivity index (χ1n) is 15.1. The quantitative estimate of drug-likeness (QED) is 0.328. The van der Waals surface area contributed by atoms with Crippen molar-refractivity contribution in [3.63, 3.8) is 0 Å². The van der Waals surface area contributed by atoms with Crippen molar-refractivity contribution in [2.24, 2.45) is 5.41 Å². The van der Waals surface area contributed by atoms with Crippen molar-refractivity contribution in [1.29, 1.82) is 0 Å². The molecular weight excluding hydrogens is 589 g/mol. The van der Waals surface area contributed by atoms with Gasteiger partial charge in [-0.1, -0.05) is 37.6 Å². The third-order valence-corrected chi connectivity index (χ3v) is 10.3. The number of aromatic nitrogens is 1. The van der Waals surface area contributed by atoms with E-state index >= 15 is 0 Å². The molecule has 6 rings (SSSR count). The third kappa shape index (κ3) is 5.78. The normalized spacial score (nSPS) is 20.8. The number of anilines is 1. The first-order chi connectivity index (χ1) is 20.9. The van der Waals surface area contributed by atoms with E-state index in [1.165, 1.54) is 17.8 Å². The second-order valence-electron chi connectivity index (χ2n) is 13.1. The van der Waals surface area contributed by atoms with Crippen LogP contribution in [0, 0.1) is 5.41 Å². The molecule has 2 saturated heterocycles. The van der Waals surface area contributed by atoms with Gasteiger partial charge in [-0.2, -0.15) is 13.2 Å². The van der Waals surface area contributed by atoms with E-state index in [-0.39, 0.29) is 22.3 Å². The van der Waals surface area contributed by atoms with Crippen LogP contribution in [-0.4, -0.2) is 47.9 Å². The lowest BCUT2D eigenvalue weighted by Crippen LogP contribution is -2.48. The Bertz CT molecular complexity index is 1560. The van der Waals surface area contributed by atoms with E-state index in [0.29, 0.717) is 25.1 Å². The van der Waals surface area contributed by atoms with Gasteiger partial charge in [0.05, 0.1) is 22.2 Å². The number of carbonyl (C=O) groups is 2. The Balaban J connectivity index is 1.14. The third-order valence-electron chi connectivity index (χ3n) is 9.93. The molecule has 0 bridgehead atoms. The molecule has 1 aliphatic carbocycles. The Morgan fingerprint density at radius 3 is 2.27 bits per heavy atom. The van der Waals surface area contributed by atoms with Gasteiger partial charge < -0.3 is 15.1 Å². The maximum absolute atomic E-state index is 13.7. The highest BCUT2D eigenvalue weighted by molar-refractivity contribution is 6.34. The van der Waals surface area contributed by atoms with Gasteiger partial charge in [-0.25, -0.2) is 0 Å². The molecule has 1 spiro atoms. The highest BCUT2D eigenvalue weighted by Gasteiger charge is 2.41. The second kappa shape index (κ2) is 11.4. The maximum atomic E-state index is 13.7. The van der Waals surface area contributed by atoms with Gasteiger partial charge in [-0.15, -0.1) is 0 Å². The number of alkyl halides is 3. The average Bonchev–Trinajstić information content (AvgIpc) is 3.26. The van der Waals surface area contributed by atoms with E-state index in [0.717, 1.165) is 56.0 Å². The number of amides is 2. The molecule has 1 atom stereocenters. The van der Waals surface area contributed by atoms with E-state index in [4.69, 9.17) is 11.6 Å². The lowest BCUT2D eigenvalue weighted by molar-refractivity contribution is -0.137. The van der Waals surface area contributed by atoms with Crippen molar-refractivity contribution in [1.82, 2.24) is 15.2 Å². The predicted octanol–water partition coefficient (Wildman–Crippen LogP) is 7.43. The van der Waals surface area contributed by atoms with Crippen LogP contribution >= 0.6 is 11.6 Å². The van der Waals surface area contributed by atoms with Gasteiger partial charge in [0, 0.05) is 49.8 Å². The number of fused-ring (bicyclic) bond motifs is 1. The summed E-state index contributed by atoms with van der Waals surface area (Å²) in [7, 11) is 0. The number of carbonyl (C=O) groups excluding carboxylic acids is 2. The summed E-state index contributed by atoms with van der Waals surface area (Å²) in [5.41, 5.74) is 2.26. The summed E-state index contributed by atoms with van der Waals surface area (Å²) in [6, 6.07) is 12.6. The first-order valence-corrected chi connectivity index (χ1v) is 15.5. The largest absolute Gasteiger partial charge is 0.417 e. The van der Waals surface area contributed by atoms with Crippen LogP contribution < -0.4 is 10.2 Å². The van der Waals surface area contributed by atoms with Gasteiger partial charge in [0.2, 0.25) is 0 Å². The Morgan fingerprint density at radius 2 is 1.61 bits per heavy atom. The number of benzene rings is 2. The molecule has 6 nitrogen and oxygen atoms in total. The molecule has 3 heterocycles. The van der Waals surface area contributed by atoms with Gasteiger partial charge in [0.25, 0.3) is 11.8 Å². The average molecular weight is 625 g/mol. The number of nitrogens with zero attached hydrogens (tertiary/aromatic N) is 3. The van der Waals surface area contributed by atoms with E-state index < -0.39 is 28.7 Å². The van der Waals surface area contributed by atoms with E-state index in [1.807, 2.05) is 47.6 Å². The van der Waals surface area contributed by atoms with Gasteiger partial charge in [-0.05, 0) is 90.5 Å². The van der Waals surface area contributed by atoms with Crippen LogP contribution in [0.5, 0.6) is 0 Å². The van der Waals surface area contributed by atoms with Crippen LogP contribution in [0.2, 0.25) is 5.02 Å². The van der Waals surface area contributed by atoms with Crippen LogP contribution in [0.15, 0.2) is 60.9 Å². The number of likely N-dealkylation sites (tertiary alicyclic amines) is 1. The van der Waals surface area contributed by atoms with E-state index in [2.05, 4.69) is 29.0 Å². The Kier molecular flexibility index (Phi) is 7.89. The SMILES string of the molecule is CC1(C)CC(NC(=O)c2cccc(C(F)(F)F)c2Cl)c2cc(C(=O)N3CCC4(CC3)CCN(c3ccncc3)CC4)ccc21. The van der Waals surface area contributed by atoms with Gasteiger partial charge in [0.1, 0.15) is 0 Å². The summed E-state index contributed by atoms with van der Waals surface area (Å²) in [5, 5.41) is 2.28. The van der Waals surface area contributed by atoms with Crippen molar-refractivity contribution in [2.45, 2.75) is 63.6 Å².